The summed E-state index contributed by atoms with van der Waals surface area (Å²) in [5.74, 6) is -1.94. The zero-order chi connectivity index (χ0) is 19.4. The first-order valence-corrected chi connectivity index (χ1v) is 9.90. The Morgan fingerprint density at radius 3 is 2.19 bits per heavy atom. The van der Waals surface area contributed by atoms with Crippen LogP contribution in [0.15, 0.2) is 24.3 Å². The van der Waals surface area contributed by atoms with Crippen molar-refractivity contribution in [1.82, 2.24) is 4.90 Å². The van der Waals surface area contributed by atoms with E-state index >= 15 is 0 Å². The fourth-order valence-electron chi connectivity index (χ4n) is 4.14. The van der Waals surface area contributed by atoms with Crippen molar-refractivity contribution in [2.24, 2.45) is 11.8 Å². The lowest BCUT2D eigenvalue weighted by atomic mass is 9.77. The van der Waals surface area contributed by atoms with E-state index in [0.29, 0.717) is 11.3 Å². The van der Waals surface area contributed by atoms with Gasteiger partial charge in [0.2, 0.25) is 11.8 Å². The number of carboxylic acids is 1. The van der Waals surface area contributed by atoms with Crippen molar-refractivity contribution >= 4 is 23.5 Å². The molecule has 0 radical (unpaired) electrons. The summed E-state index contributed by atoms with van der Waals surface area (Å²) < 4.78 is 0. The highest BCUT2D eigenvalue weighted by Gasteiger charge is 2.38. The molecule has 27 heavy (non-hydrogen) atoms. The standard InChI is InChI=1S/C21H28N2O4/c1-14(21(26)27)15-8-10-16(11-9-15)22-19(24)17-6-2-3-7-18(17)20(25)23-12-4-5-13-23/h8-11,14,17-18H,2-7,12-13H2,1H3,(H,22,24)(H,26,27). The predicted octanol–water partition coefficient (Wildman–Crippen LogP) is 3.24. The van der Waals surface area contributed by atoms with Crippen LogP contribution in [0.1, 0.15) is 56.9 Å². The predicted molar refractivity (Wildman–Crippen MR) is 102 cm³/mol. The summed E-state index contributed by atoms with van der Waals surface area (Å²) in [6.45, 7) is 3.26. The van der Waals surface area contributed by atoms with Gasteiger partial charge in [-0.3, -0.25) is 14.4 Å². The highest BCUT2D eigenvalue weighted by Crippen LogP contribution is 2.33. The van der Waals surface area contributed by atoms with Gasteiger partial charge in [0, 0.05) is 30.6 Å². The zero-order valence-electron chi connectivity index (χ0n) is 15.8. The van der Waals surface area contributed by atoms with Crippen LogP contribution in [0.2, 0.25) is 0 Å². The summed E-state index contributed by atoms with van der Waals surface area (Å²) in [4.78, 5) is 38.7. The van der Waals surface area contributed by atoms with Gasteiger partial charge in [0.15, 0.2) is 0 Å². The third-order valence-electron chi connectivity index (χ3n) is 5.89. The van der Waals surface area contributed by atoms with Gasteiger partial charge in [-0.15, -0.1) is 0 Å². The first kappa shape index (κ1) is 19.4. The maximum Gasteiger partial charge on any atom is 0.310 e. The summed E-state index contributed by atoms with van der Waals surface area (Å²) in [5.41, 5.74) is 1.33. The van der Waals surface area contributed by atoms with Crippen LogP contribution >= 0.6 is 0 Å². The minimum atomic E-state index is -0.878. The Labute approximate surface area is 159 Å². The lowest BCUT2D eigenvalue weighted by molar-refractivity contribution is -0.141. The molecule has 1 aromatic carbocycles. The van der Waals surface area contributed by atoms with Crippen molar-refractivity contribution in [2.45, 2.75) is 51.4 Å². The van der Waals surface area contributed by atoms with E-state index in [9.17, 15) is 14.4 Å². The molecular weight excluding hydrogens is 344 g/mol. The molecule has 6 nitrogen and oxygen atoms in total. The number of carbonyl (C=O) groups is 3. The second kappa shape index (κ2) is 8.55. The molecule has 0 bridgehead atoms. The summed E-state index contributed by atoms with van der Waals surface area (Å²) in [7, 11) is 0. The van der Waals surface area contributed by atoms with E-state index in [4.69, 9.17) is 5.11 Å². The average molecular weight is 372 g/mol. The largest absolute Gasteiger partial charge is 0.481 e. The van der Waals surface area contributed by atoms with Gasteiger partial charge in [0.05, 0.1) is 5.92 Å². The van der Waals surface area contributed by atoms with Gasteiger partial charge in [0.1, 0.15) is 0 Å². The second-order valence-electron chi connectivity index (χ2n) is 7.70. The smallest absolute Gasteiger partial charge is 0.310 e. The Bertz CT molecular complexity index is 695. The van der Waals surface area contributed by atoms with E-state index in [1.807, 2.05) is 4.90 Å². The van der Waals surface area contributed by atoms with Crippen molar-refractivity contribution in [3.05, 3.63) is 29.8 Å². The molecule has 1 saturated carbocycles. The Balaban J connectivity index is 1.66. The highest BCUT2D eigenvalue weighted by molar-refractivity contribution is 5.96. The van der Waals surface area contributed by atoms with Gasteiger partial charge < -0.3 is 15.3 Å². The first-order valence-electron chi connectivity index (χ1n) is 9.90. The molecule has 1 aromatic rings. The molecule has 1 aliphatic carbocycles. The van der Waals surface area contributed by atoms with Gasteiger partial charge in [0.25, 0.3) is 0 Å². The summed E-state index contributed by atoms with van der Waals surface area (Å²) in [6.07, 6.45) is 5.59. The fraction of sp³-hybridized carbons (Fsp3) is 0.571. The molecule has 3 atom stereocenters. The number of hydrogen-bond acceptors (Lipinski definition) is 3. The molecule has 2 amide bonds. The van der Waals surface area contributed by atoms with Crippen LogP contribution < -0.4 is 5.32 Å². The number of rotatable bonds is 5. The van der Waals surface area contributed by atoms with Gasteiger partial charge in [-0.05, 0) is 50.3 Å². The lowest BCUT2D eigenvalue weighted by Crippen LogP contribution is -2.42. The van der Waals surface area contributed by atoms with Crippen molar-refractivity contribution in [1.29, 1.82) is 0 Å². The summed E-state index contributed by atoms with van der Waals surface area (Å²) in [5, 5.41) is 12.0. The van der Waals surface area contributed by atoms with E-state index in [0.717, 1.165) is 51.6 Å². The van der Waals surface area contributed by atoms with Crippen LogP contribution in [0, 0.1) is 11.8 Å². The van der Waals surface area contributed by atoms with Gasteiger partial charge in [-0.1, -0.05) is 25.0 Å². The minimum absolute atomic E-state index is 0.105. The normalized spacial score (nSPS) is 23.7. The molecule has 3 rings (SSSR count). The zero-order valence-corrected chi connectivity index (χ0v) is 15.8. The van der Waals surface area contributed by atoms with Crippen molar-refractivity contribution in [2.75, 3.05) is 18.4 Å². The number of hydrogen-bond donors (Lipinski definition) is 2. The van der Waals surface area contributed by atoms with Crippen LogP contribution in [0.4, 0.5) is 5.69 Å². The topological polar surface area (TPSA) is 86.7 Å². The van der Waals surface area contributed by atoms with Crippen LogP contribution in [0.25, 0.3) is 0 Å². The quantitative estimate of drug-likeness (QED) is 0.831. The van der Waals surface area contributed by atoms with E-state index in [2.05, 4.69) is 5.32 Å². The third-order valence-corrected chi connectivity index (χ3v) is 5.89. The second-order valence-corrected chi connectivity index (χ2v) is 7.70. The highest BCUT2D eigenvalue weighted by atomic mass is 16.4. The van der Waals surface area contributed by atoms with Crippen molar-refractivity contribution in [3.8, 4) is 0 Å². The van der Waals surface area contributed by atoms with E-state index in [1.165, 1.54) is 0 Å². The van der Waals surface area contributed by atoms with Crippen LogP contribution in [0.3, 0.4) is 0 Å². The minimum Gasteiger partial charge on any atom is -0.481 e. The van der Waals surface area contributed by atoms with Gasteiger partial charge >= 0.3 is 5.97 Å². The Morgan fingerprint density at radius 2 is 1.59 bits per heavy atom. The van der Waals surface area contributed by atoms with E-state index in [1.54, 1.807) is 31.2 Å². The number of aliphatic carboxylic acids is 1. The molecule has 2 fully saturated rings. The van der Waals surface area contributed by atoms with E-state index < -0.39 is 11.9 Å². The Hall–Kier alpha value is -2.37. The molecule has 2 aliphatic rings. The number of nitrogens with zero attached hydrogens (tertiary/aromatic N) is 1. The van der Waals surface area contributed by atoms with E-state index in [-0.39, 0.29) is 23.7 Å². The Morgan fingerprint density at radius 1 is 1.00 bits per heavy atom. The maximum absolute atomic E-state index is 12.8. The first-order chi connectivity index (χ1) is 13.0. The van der Waals surface area contributed by atoms with Crippen molar-refractivity contribution < 1.29 is 19.5 Å². The number of likely N-dealkylation sites (tertiary alicyclic amines) is 1. The number of benzene rings is 1. The summed E-state index contributed by atoms with van der Waals surface area (Å²) >= 11 is 0. The van der Waals surface area contributed by atoms with Gasteiger partial charge in [-0.2, -0.15) is 0 Å². The number of amides is 2. The molecule has 0 spiro atoms. The maximum atomic E-state index is 12.8. The molecule has 1 saturated heterocycles. The summed E-state index contributed by atoms with van der Waals surface area (Å²) in [6, 6.07) is 6.91. The number of carboxylic acid groups (broad SMARTS) is 1. The molecule has 3 unspecified atom stereocenters. The van der Waals surface area contributed by atoms with Crippen LogP contribution in [0.5, 0.6) is 0 Å². The lowest BCUT2D eigenvalue weighted by Gasteiger charge is -2.32. The average Bonchev–Trinajstić information content (AvgIpc) is 3.22. The molecule has 146 valence electrons. The molecule has 0 aromatic heterocycles. The van der Waals surface area contributed by atoms with Crippen LogP contribution in [-0.2, 0) is 14.4 Å². The molecular formula is C21H28N2O4. The molecule has 6 heteroatoms. The van der Waals surface area contributed by atoms with Gasteiger partial charge in [-0.25, -0.2) is 0 Å². The number of nitrogens with one attached hydrogen (secondary N) is 1. The number of carbonyl (C=O) groups excluding carboxylic acids is 2. The SMILES string of the molecule is CC(C(=O)O)c1ccc(NC(=O)C2CCCCC2C(=O)N2CCCC2)cc1. The third kappa shape index (κ3) is 4.49. The van der Waals surface area contributed by atoms with Crippen LogP contribution in [-0.4, -0.2) is 40.9 Å². The number of anilines is 1. The Kier molecular flexibility index (Phi) is 6.14. The monoisotopic (exact) mass is 372 g/mol. The molecule has 2 N–H and O–H groups in total. The fourth-order valence-corrected chi connectivity index (χ4v) is 4.14. The van der Waals surface area contributed by atoms with Crippen molar-refractivity contribution in [3.63, 3.8) is 0 Å². The molecule has 1 aliphatic heterocycles. The molecule has 1 heterocycles.